The van der Waals surface area contributed by atoms with Crippen LogP contribution < -0.4 is 5.32 Å². The molecule has 0 aliphatic heterocycles. The minimum atomic E-state index is -1.09. The van der Waals surface area contributed by atoms with Crippen molar-refractivity contribution in [1.29, 1.82) is 0 Å². The van der Waals surface area contributed by atoms with Crippen molar-refractivity contribution >= 4 is 11.6 Å². The maximum Gasteiger partial charge on any atom is 0.211 e. The predicted molar refractivity (Wildman–Crippen MR) is 85.1 cm³/mol. The van der Waals surface area contributed by atoms with E-state index in [9.17, 15) is 9.59 Å². The summed E-state index contributed by atoms with van der Waals surface area (Å²) in [5.74, 6) is -0.0968. The summed E-state index contributed by atoms with van der Waals surface area (Å²) in [7, 11) is 1.47. The van der Waals surface area contributed by atoms with E-state index in [4.69, 9.17) is 9.84 Å². The molecule has 0 radical (unpaired) electrons. The highest BCUT2D eigenvalue weighted by Crippen LogP contribution is 2.42. The Kier molecular flexibility index (Phi) is 6.35. The summed E-state index contributed by atoms with van der Waals surface area (Å²) in [4.78, 5) is 25.6. The number of ether oxygens (including phenoxy) is 1. The highest BCUT2D eigenvalue weighted by molar-refractivity contribution is 6.24. The van der Waals surface area contributed by atoms with Crippen molar-refractivity contribution < 1.29 is 19.4 Å². The van der Waals surface area contributed by atoms with Crippen LogP contribution in [-0.2, 0) is 14.3 Å². The minimum absolute atomic E-state index is 0.0263. The van der Waals surface area contributed by atoms with Crippen LogP contribution in [0, 0.1) is 11.3 Å². The number of hydrogen-bond acceptors (Lipinski definition) is 5. The fraction of sp³-hybridized carbons (Fsp3) is 0.647. The molecule has 0 heterocycles. The van der Waals surface area contributed by atoms with Crippen LogP contribution in [0.25, 0.3) is 0 Å². The van der Waals surface area contributed by atoms with Gasteiger partial charge in [-0.05, 0) is 25.7 Å². The van der Waals surface area contributed by atoms with Crippen LogP contribution in [0.3, 0.4) is 0 Å². The first kappa shape index (κ1) is 18.4. The van der Waals surface area contributed by atoms with Gasteiger partial charge in [0.1, 0.15) is 0 Å². The van der Waals surface area contributed by atoms with Crippen LogP contribution in [0.1, 0.15) is 40.5 Å². The Bertz CT molecular complexity index is 507. The molecule has 5 heteroatoms. The summed E-state index contributed by atoms with van der Waals surface area (Å²) in [5.41, 5.74) is 0.0645. The van der Waals surface area contributed by atoms with Crippen LogP contribution in [0.2, 0.25) is 0 Å². The number of carbonyl (C=O) groups is 2. The molecule has 0 saturated heterocycles. The monoisotopic (exact) mass is 309 g/mol. The van der Waals surface area contributed by atoms with Crippen LogP contribution >= 0.6 is 0 Å². The highest BCUT2D eigenvalue weighted by atomic mass is 16.5. The van der Waals surface area contributed by atoms with Gasteiger partial charge in [-0.3, -0.25) is 9.59 Å². The Morgan fingerprint density at radius 2 is 1.95 bits per heavy atom. The molecule has 1 aliphatic carbocycles. The summed E-state index contributed by atoms with van der Waals surface area (Å²) in [6.45, 7) is 7.81. The number of rotatable bonds is 7. The first-order valence-electron chi connectivity index (χ1n) is 7.81. The van der Waals surface area contributed by atoms with Crippen molar-refractivity contribution in [3.8, 4) is 0 Å². The van der Waals surface area contributed by atoms with Gasteiger partial charge < -0.3 is 15.2 Å². The third kappa shape index (κ3) is 3.09. The number of aliphatic hydroxyl groups is 1. The van der Waals surface area contributed by atoms with Crippen LogP contribution in [0.4, 0.5) is 0 Å². The van der Waals surface area contributed by atoms with E-state index in [1.54, 1.807) is 13.1 Å². The molecule has 0 unspecified atom stereocenters. The molecule has 0 bridgehead atoms. The van der Waals surface area contributed by atoms with Crippen molar-refractivity contribution in [2.75, 3.05) is 20.3 Å². The zero-order chi connectivity index (χ0) is 16.9. The number of nitrogens with one attached hydrogen (secondary N) is 1. The molecule has 0 spiro atoms. The molecule has 1 rings (SSSR count). The van der Waals surface area contributed by atoms with E-state index in [2.05, 4.69) is 5.32 Å². The SMILES string of the molecule is CC[C@@H](C)C1=C(OC)C(=O)[C@@](C)(CC)C(=O)/C1=C\NCCO. The Labute approximate surface area is 132 Å². The van der Waals surface area contributed by atoms with Gasteiger partial charge in [-0.15, -0.1) is 0 Å². The van der Waals surface area contributed by atoms with Crippen molar-refractivity contribution in [3.63, 3.8) is 0 Å². The second-order valence-electron chi connectivity index (χ2n) is 5.84. The van der Waals surface area contributed by atoms with Crippen LogP contribution in [0.15, 0.2) is 23.1 Å². The van der Waals surface area contributed by atoms with Crippen molar-refractivity contribution in [2.24, 2.45) is 11.3 Å². The normalized spacial score (nSPS) is 25.6. The van der Waals surface area contributed by atoms with E-state index in [0.29, 0.717) is 24.1 Å². The third-order valence-electron chi connectivity index (χ3n) is 4.51. The summed E-state index contributed by atoms with van der Waals surface area (Å²) in [6, 6.07) is 0. The molecule has 0 aromatic rings. The second-order valence-corrected chi connectivity index (χ2v) is 5.84. The van der Waals surface area contributed by atoms with E-state index in [-0.39, 0.29) is 29.9 Å². The number of aliphatic hydroxyl groups excluding tert-OH is 1. The number of methoxy groups -OCH3 is 1. The highest BCUT2D eigenvalue weighted by Gasteiger charge is 2.49. The quantitative estimate of drug-likeness (QED) is 0.427. The maximum atomic E-state index is 12.9. The maximum absolute atomic E-state index is 12.9. The predicted octanol–water partition coefficient (Wildman–Crippen LogP) is 1.97. The lowest BCUT2D eigenvalue weighted by atomic mass is 9.67. The first-order valence-corrected chi connectivity index (χ1v) is 7.81. The molecule has 0 fully saturated rings. The number of allylic oxidation sites excluding steroid dienone is 3. The molecular weight excluding hydrogens is 282 g/mol. The minimum Gasteiger partial charge on any atom is -0.493 e. The van der Waals surface area contributed by atoms with Gasteiger partial charge in [0.25, 0.3) is 0 Å². The van der Waals surface area contributed by atoms with Gasteiger partial charge in [-0.1, -0.05) is 20.8 Å². The lowest BCUT2D eigenvalue weighted by Crippen LogP contribution is -2.44. The van der Waals surface area contributed by atoms with Gasteiger partial charge in [0.05, 0.1) is 19.1 Å². The zero-order valence-corrected chi connectivity index (χ0v) is 14.2. The van der Waals surface area contributed by atoms with Crippen molar-refractivity contribution in [3.05, 3.63) is 23.1 Å². The topological polar surface area (TPSA) is 75.6 Å². The van der Waals surface area contributed by atoms with Crippen molar-refractivity contribution in [1.82, 2.24) is 5.32 Å². The molecule has 0 saturated carbocycles. The fourth-order valence-corrected chi connectivity index (χ4v) is 2.62. The summed E-state index contributed by atoms with van der Waals surface area (Å²) >= 11 is 0. The van der Waals surface area contributed by atoms with Gasteiger partial charge in [0.2, 0.25) is 5.78 Å². The first-order chi connectivity index (χ1) is 10.4. The molecule has 0 amide bonds. The number of ketones is 2. The number of carbonyl (C=O) groups excluding carboxylic acids is 2. The molecule has 0 aromatic carbocycles. The molecule has 124 valence electrons. The summed E-state index contributed by atoms with van der Waals surface area (Å²) < 4.78 is 5.38. The van der Waals surface area contributed by atoms with Gasteiger partial charge in [0.15, 0.2) is 11.5 Å². The molecule has 2 atom stereocenters. The van der Waals surface area contributed by atoms with Gasteiger partial charge in [-0.2, -0.15) is 0 Å². The average Bonchev–Trinajstić information content (AvgIpc) is 2.53. The lowest BCUT2D eigenvalue weighted by Gasteiger charge is -2.35. The number of hydrogen-bond donors (Lipinski definition) is 2. The van der Waals surface area contributed by atoms with E-state index < -0.39 is 5.41 Å². The summed E-state index contributed by atoms with van der Waals surface area (Å²) in [6.07, 6.45) is 2.82. The molecule has 1 aliphatic rings. The van der Waals surface area contributed by atoms with Crippen LogP contribution in [0.5, 0.6) is 0 Å². The van der Waals surface area contributed by atoms with Gasteiger partial charge >= 0.3 is 0 Å². The Hall–Kier alpha value is -1.62. The van der Waals surface area contributed by atoms with E-state index in [1.165, 1.54) is 7.11 Å². The Balaban J connectivity index is 3.52. The summed E-state index contributed by atoms with van der Waals surface area (Å²) in [5, 5.41) is 11.8. The van der Waals surface area contributed by atoms with Crippen molar-refractivity contribution in [2.45, 2.75) is 40.5 Å². The standard InChI is InChI=1S/C17H27NO4/c1-6-11(3)13-12(10-18-8-9-19)15(20)17(4,7-2)16(21)14(13)22-5/h10-11,18-19H,6-9H2,1-5H3/b12-10-/t11-,17+/m1/s1. The lowest BCUT2D eigenvalue weighted by molar-refractivity contribution is -0.138. The molecule has 22 heavy (non-hydrogen) atoms. The van der Waals surface area contributed by atoms with Crippen LogP contribution in [-0.4, -0.2) is 36.9 Å². The number of Topliss-reactive ketones (excluding diaryl/α,β-unsaturated/α-hetero) is 2. The molecule has 0 aromatic heterocycles. The molecule has 2 N–H and O–H groups in total. The molecule has 5 nitrogen and oxygen atoms in total. The Morgan fingerprint density at radius 3 is 2.41 bits per heavy atom. The third-order valence-corrected chi connectivity index (χ3v) is 4.51. The smallest absolute Gasteiger partial charge is 0.211 e. The second kappa shape index (κ2) is 7.58. The Morgan fingerprint density at radius 1 is 1.32 bits per heavy atom. The van der Waals surface area contributed by atoms with Gasteiger partial charge in [0, 0.05) is 23.9 Å². The largest absolute Gasteiger partial charge is 0.493 e. The van der Waals surface area contributed by atoms with Gasteiger partial charge in [-0.25, -0.2) is 0 Å². The molecular formula is C17H27NO4. The van der Waals surface area contributed by atoms with E-state index in [1.807, 2.05) is 20.8 Å². The van der Waals surface area contributed by atoms with E-state index >= 15 is 0 Å². The van der Waals surface area contributed by atoms with E-state index in [0.717, 1.165) is 6.42 Å². The fourth-order valence-electron chi connectivity index (χ4n) is 2.62. The zero-order valence-electron chi connectivity index (χ0n) is 14.2. The average molecular weight is 309 g/mol.